The number of ether oxygens (including phenoxy) is 8. The van der Waals surface area contributed by atoms with Crippen LogP contribution < -0.4 is 0 Å². The fourth-order valence-corrected chi connectivity index (χ4v) is 12.8. The van der Waals surface area contributed by atoms with E-state index in [2.05, 4.69) is 6.92 Å². The molecule has 4 aliphatic carbocycles. The first kappa shape index (κ1) is 45.8. The van der Waals surface area contributed by atoms with E-state index in [1.807, 2.05) is 0 Å². The van der Waals surface area contributed by atoms with Crippen molar-refractivity contribution in [3.63, 3.8) is 0 Å². The fraction of sp³-hybridized carbons (Fsp3) is 0.905. The first-order chi connectivity index (χ1) is 29.0. The molecule has 4 heterocycles. The maximum absolute atomic E-state index is 13.4. The summed E-state index contributed by atoms with van der Waals surface area (Å²) in [4.78, 5) is 25.4. The zero-order valence-corrected chi connectivity index (χ0v) is 34.8. The van der Waals surface area contributed by atoms with Gasteiger partial charge in [-0.05, 0) is 94.0 Å². The normalized spacial score (nSPS) is 53.6. The number of hydrogen-bond acceptors (Lipinski definition) is 19. The SMILES string of the molecule is COC1C(O)C(C)OC(OC2CCC3(C=O)C(CCC4C3CCC3(C)C(C5=CC(=O)OC5)CCC43O)C2)C1OC1OC(COC2OC(CO)C(O)C(O)C2O)C(O)C(O)C1O. The highest BCUT2D eigenvalue weighted by Crippen LogP contribution is 2.69. The summed E-state index contributed by atoms with van der Waals surface area (Å²) < 4.78 is 46.9. The Labute approximate surface area is 353 Å². The Balaban J connectivity index is 0.950. The minimum Gasteiger partial charge on any atom is -0.458 e. The summed E-state index contributed by atoms with van der Waals surface area (Å²) in [7, 11) is 1.36. The van der Waals surface area contributed by atoms with Crippen molar-refractivity contribution in [3.8, 4) is 0 Å². The van der Waals surface area contributed by atoms with E-state index in [1.165, 1.54) is 7.11 Å². The van der Waals surface area contributed by atoms with Gasteiger partial charge in [0, 0.05) is 24.0 Å². The van der Waals surface area contributed by atoms with E-state index in [1.54, 1.807) is 13.0 Å². The van der Waals surface area contributed by atoms with Gasteiger partial charge in [0.15, 0.2) is 18.9 Å². The second-order valence-corrected chi connectivity index (χ2v) is 19.1. The Morgan fingerprint density at radius 2 is 1.48 bits per heavy atom. The Bertz CT molecular complexity index is 1620. The van der Waals surface area contributed by atoms with Crippen LogP contribution in [0.4, 0.5) is 0 Å². The second-order valence-electron chi connectivity index (χ2n) is 19.1. The van der Waals surface area contributed by atoms with Crippen LogP contribution in [0.5, 0.6) is 0 Å². The van der Waals surface area contributed by atoms with Crippen molar-refractivity contribution in [2.24, 2.45) is 34.5 Å². The molecule has 0 radical (unpaired) electrons. The van der Waals surface area contributed by atoms with Crippen molar-refractivity contribution in [1.82, 2.24) is 0 Å². The van der Waals surface area contributed by atoms with Crippen LogP contribution >= 0.6 is 0 Å². The van der Waals surface area contributed by atoms with Gasteiger partial charge >= 0.3 is 5.97 Å². The third-order valence-corrected chi connectivity index (χ3v) is 16.3. The van der Waals surface area contributed by atoms with Crippen LogP contribution in [0.1, 0.15) is 71.6 Å². The van der Waals surface area contributed by atoms with Gasteiger partial charge in [-0.3, -0.25) is 0 Å². The molecule has 0 aromatic rings. The molecule has 3 saturated heterocycles. The molecule has 8 aliphatic rings. The lowest BCUT2D eigenvalue weighted by Crippen LogP contribution is -2.65. The quantitative estimate of drug-likeness (QED) is 0.0613. The van der Waals surface area contributed by atoms with Gasteiger partial charge in [0.05, 0.1) is 31.0 Å². The van der Waals surface area contributed by atoms with Crippen LogP contribution in [-0.4, -0.2) is 189 Å². The maximum atomic E-state index is 13.4. The molecule has 346 valence electrons. The van der Waals surface area contributed by atoms with Crippen LogP contribution in [0.25, 0.3) is 0 Å². The average Bonchev–Trinajstić information content (AvgIpc) is 3.80. The van der Waals surface area contributed by atoms with E-state index < -0.39 is 128 Å². The van der Waals surface area contributed by atoms with Crippen molar-refractivity contribution in [2.45, 2.75) is 175 Å². The summed E-state index contributed by atoms with van der Waals surface area (Å²) in [5.41, 5.74) is -1.16. The van der Waals surface area contributed by atoms with Gasteiger partial charge in [0.25, 0.3) is 0 Å². The van der Waals surface area contributed by atoms with Crippen molar-refractivity contribution in [3.05, 3.63) is 11.6 Å². The molecule has 61 heavy (non-hydrogen) atoms. The molecule has 4 aliphatic heterocycles. The molecular formula is C42H64O19. The van der Waals surface area contributed by atoms with Gasteiger partial charge in [0.2, 0.25) is 0 Å². The molecular weight excluding hydrogens is 808 g/mol. The Morgan fingerprint density at radius 1 is 0.770 bits per heavy atom. The molecule has 8 rings (SSSR count). The van der Waals surface area contributed by atoms with E-state index in [0.29, 0.717) is 32.1 Å². The average molecular weight is 873 g/mol. The van der Waals surface area contributed by atoms with E-state index in [9.17, 15) is 55.5 Å². The van der Waals surface area contributed by atoms with Crippen LogP contribution in [0.15, 0.2) is 11.6 Å². The van der Waals surface area contributed by atoms with Crippen molar-refractivity contribution < 1.29 is 93.4 Å². The van der Waals surface area contributed by atoms with Gasteiger partial charge in [-0.15, -0.1) is 0 Å². The third kappa shape index (κ3) is 7.64. The maximum Gasteiger partial charge on any atom is 0.331 e. The highest BCUT2D eigenvalue weighted by molar-refractivity contribution is 5.85. The lowest BCUT2D eigenvalue weighted by Gasteiger charge is -2.63. The van der Waals surface area contributed by atoms with E-state index in [0.717, 1.165) is 37.5 Å². The topological polar surface area (TPSA) is 290 Å². The third-order valence-electron chi connectivity index (χ3n) is 16.3. The molecule has 0 aromatic carbocycles. The summed E-state index contributed by atoms with van der Waals surface area (Å²) in [6.45, 7) is 2.77. The van der Waals surface area contributed by atoms with Gasteiger partial charge in [-0.25, -0.2) is 4.79 Å². The molecule has 0 amide bonds. The van der Waals surface area contributed by atoms with Crippen molar-refractivity contribution in [1.29, 1.82) is 0 Å². The fourth-order valence-electron chi connectivity index (χ4n) is 12.8. The lowest BCUT2D eigenvalue weighted by atomic mass is 9.43. The molecule has 23 atom stereocenters. The van der Waals surface area contributed by atoms with Crippen LogP contribution in [-0.2, 0) is 47.5 Å². The number of carbonyl (C=O) groups excluding carboxylic acids is 2. The van der Waals surface area contributed by atoms with Gasteiger partial charge < -0.3 is 88.6 Å². The largest absolute Gasteiger partial charge is 0.458 e. The van der Waals surface area contributed by atoms with Crippen LogP contribution in [0.3, 0.4) is 0 Å². The summed E-state index contributed by atoms with van der Waals surface area (Å²) in [5, 5.41) is 96.8. The predicted octanol–water partition coefficient (Wildman–Crippen LogP) is -2.06. The highest BCUT2D eigenvalue weighted by Gasteiger charge is 2.69. The smallest absolute Gasteiger partial charge is 0.331 e. The summed E-state index contributed by atoms with van der Waals surface area (Å²) in [5.74, 6) is -0.470. The molecule has 19 heteroatoms. The summed E-state index contributed by atoms with van der Waals surface area (Å²) >= 11 is 0. The number of rotatable bonds is 11. The van der Waals surface area contributed by atoms with Crippen LogP contribution in [0, 0.1) is 34.5 Å². The number of hydrogen-bond donors (Lipinski definition) is 9. The Kier molecular flexibility index (Phi) is 13.2. The van der Waals surface area contributed by atoms with Crippen LogP contribution in [0.2, 0.25) is 0 Å². The highest BCUT2D eigenvalue weighted by atomic mass is 16.8. The summed E-state index contributed by atoms with van der Waals surface area (Å²) in [6.07, 6.45) is -13.8. The molecule has 7 fully saturated rings. The monoisotopic (exact) mass is 872 g/mol. The Morgan fingerprint density at radius 3 is 2.15 bits per heavy atom. The van der Waals surface area contributed by atoms with Gasteiger partial charge in [-0.2, -0.15) is 0 Å². The predicted molar refractivity (Wildman–Crippen MR) is 203 cm³/mol. The number of esters is 1. The molecule has 0 bridgehead atoms. The minimum atomic E-state index is -1.83. The number of aliphatic hydroxyl groups is 9. The number of cyclic esters (lactones) is 1. The summed E-state index contributed by atoms with van der Waals surface area (Å²) in [6, 6.07) is 0. The zero-order valence-electron chi connectivity index (χ0n) is 34.8. The minimum absolute atomic E-state index is 0.0311. The number of aliphatic hydroxyl groups excluding tert-OH is 8. The first-order valence-corrected chi connectivity index (χ1v) is 21.9. The van der Waals surface area contributed by atoms with E-state index >= 15 is 0 Å². The molecule has 9 N–H and O–H groups in total. The van der Waals surface area contributed by atoms with Gasteiger partial charge in [0.1, 0.15) is 80.0 Å². The van der Waals surface area contributed by atoms with E-state index in [-0.39, 0.29) is 36.2 Å². The van der Waals surface area contributed by atoms with Crippen molar-refractivity contribution >= 4 is 12.3 Å². The number of methoxy groups -OCH3 is 1. The molecule has 4 saturated carbocycles. The van der Waals surface area contributed by atoms with E-state index in [4.69, 9.17) is 37.9 Å². The van der Waals surface area contributed by atoms with Gasteiger partial charge in [-0.1, -0.05) is 6.92 Å². The molecule has 19 nitrogen and oxygen atoms in total. The number of fused-ring (bicyclic) bond motifs is 5. The number of aldehydes is 1. The molecule has 0 spiro atoms. The van der Waals surface area contributed by atoms with Crippen molar-refractivity contribution in [2.75, 3.05) is 26.9 Å². The zero-order chi connectivity index (χ0) is 43.8. The second kappa shape index (κ2) is 17.6. The lowest BCUT2D eigenvalue weighted by molar-refractivity contribution is -0.376. The first-order valence-electron chi connectivity index (χ1n) is 21.9. The Hall–Kier alpha value is -1.76. The number of carbonyl (C=O) groups is 2. The molecule has 0 aromatic heterocycles. The standard InChI is InChI=1S/C42H64O19/c1-18-28(46)35(54-3)36(61-38-34(52)32(50)30(48)26(60-38)16-56-37-33(51)31(49)29(47)25(14-43)59-37)39(57-18)58-21-6-10-41(17-44)20(13-21)4-5-24-23(41)7-9-40(2)22(8-11-42(24,40)53)19-12-27(45)55-15-19/h12,17-18,20-26,28-39,43,46-53H,4-11,13-16H2,1-3H3. The molecule has 23 unspecified atom stereocenters.